The molecular formula is C15H23NO2. The maximum Gasteiger partial charge on any atom is 0.251 e. The molecule has 1 aromatic rings. The molecule has 0 heterocycles. The Morgan fingerprint density at radius 1 is 1.28 bits per heavy atom. The standard InChI is InChI=1S/C15H23NO2/c1-11-5-7-12(8-6-11)14(18)16-10-13(17)9-15(2,3)4/h5-8,13,17H,9-10H2,1-4H3,(H,16,18). The zero-order valence-corrected chi connectivity index (χ0v) is 11.7. The molecule has 0 aliphatic carbocycles. The van der Waals surface area contributed by atoms with Crippen LogP contribution in [0.25, 0.3) is 0 Å². The summed E-state index contributed by atoms with van der Waals surface area (Å²) in [5, 5.41) is 12.6. The molecule has 3 heteroatoms. The van der Waals surface area contributed by atoms with E-state index in [1.54, 1.807) is 12.1 Å². The van der Waals surface area contributed by atoms with Crippen molar-refractivity contribution in [2.24, 2.45) is 5.41 Å². The maximum absolute atomic E-state index is 11.8. The fourth-order valence-electron chi connectivity index (χ4n) is 1.80. The van der Waals surface area contributed by atoms with E-state index in [2.05, 4.69) is 26.1 Å². The van der Waals surface area contributed by atoms with E-state index in [9.17, 15) is 9.90 Å². The molecule has 0 fully saturated rings. The fraction of sp³-hybridized carbons (Fsp3) is 0.533. The normalized spacial score (nSPS) is 13.2. The van der Waals surface area contributed by atoms with Crippen LogP contribution in [0.15, 0.2) is 24.3 Å². The first-order chi connectivity index (χ1) is 8.28. The predicted octanol–water partition coefficient (Wildman–Crippen LogP) is 2.52. The third-order valence-corrected chi connectivity index (χ3v) is 2.66. The summed E-state index contributed by atoms with van der Waals surface area (Å²) in [6, 6.07) is 7.39. The van der Waals surface area contributed by atoms with Crippen LogP contribution in [0.3, 0.4) is 0 Å². The molecule has 0 aliphatic heterocycles. The third kappa shape index (κ3) is 5.32. The molecule has 1 unspecified atom stereocenters. The van der Waals surface area contributed by atoms with Gasteiger partial charge in [0.25, 0.3) is 5.91 Å². The number of aliphatic hydroxyl groups excluding tert-OH is 1. The molecule has 0 bridgehead atoms. The third-order valence-electron chi connectivity index (χ3n) is 2.66. The van der Waals surface area contributed by atoms with Crippen molar-refractivity contribution >= 4 is 5.91 Å². The number of hydrogen-bond acceptors (Lipinski definition) is 2. The summed E-state index contributed by atoms with van der Waals surface area (Å²) in [5.41, 5.74) is 1.82. The highest BCUT2D eigenvalue weighted by Crippen LogP contribution is 2.20. The van der Waals surface area contributed by atoms with E-state index in [1.165, 1.54) is 0 Å². The van der Waals surface area contributed by atoms with Crippen LogP contribution in [-0.4, -0.2) is 23.7 Å². The van der Waals surface area contributed by atoms with Crippen molar-refractivity contribution in [2.45, 2.75) is 40.2 Å². The smallest absolute Gasteiger partial charge is 0.251 e. The van der Waals surface area contributed by atoms with E-state index >= 15 is 0 Å². The molecule has 2 N–H and O–H groups in total. The van der Waals surface area contributed by atoms with Crippen LogP contribution in [-0.2, 0) is 0 Å². The lowest BCUT2D eigenvalue weighted by Gasteiger charge is -2.22. The molecule has 1 aromatic carbocycles. The largest absolute Gasteiger partial charge is 0.391 e. The SMILES string of the molecule is Cc1ccc(C(=O)NCC(O)CC(C)(C)C)cc1. The minimum absolute atomic E-state index is 0.0635. The fourth-order valence-corrected chi connectivity index (χ4v) is 1.80. The van der Waals surface area contributed by atoms with Crippen molar-refractivity contribution in [3.8, 4) is 0 Å². The molecule has 18 heavy (non-hydrogen) atoms. The number of nitrogens with one attached hydrogen (secondary N) is 1. The summed E-state index contributed by atoms with van der Waals surface area (Å²) in [6.45, 7) is 8.48. The van der Waals surface area contributed by atoms with Crippen LogP contribution >= 0.6 is 0 Å². The molecule has 100 valence electrons. The Morgan fingerprint density at radius 2 is 1.83 bits per heavy atom. The van der Waals surface area contributed by atoms with Crippen LogP contribution in [0.4, 0.5) is 0 Å². The number of benzene rings is 1. The number of carbonyl (C=O) groups is 1. The Labute approximate surface area is 109 Å². The second kappa shape index (κ2) is 6.01. The van der Waals surface area contributed by atoms with Crippen LogP contribution in [0.1, 0.15) is 43.1 Å². The molecule has 3 nitrogen and oxygen atoms in total. The minimum Gasteiger partial charge on any atom is -0.391 e. The molecule has 1 atom stereocenters. The Morgan fingerprint density at radius 3 is 2.33 bits per heavy atom. The van der Waals surface area contributed by atoms with Crippen LogP contribution in [0.2, 0.25) is 0 Å². The van der Waals surface area contributed by atoms with Gasteiger partial charge in [0.05, 0.1) is 6.10 Å². The molecule has 0 saturated heterocycles. The molecular weight excluding hydrogens is 226 g/mol. The van der Waals surface area contributed by atoms with Gasteiger partial charge in [-0.3, -0.25) is 4.79 Å². The van der Waals surface area contributed by atoms with Gasteiger partial charge in [0.15, 0.2) is 0 Å². The average molecular weight is 249 g/mol. The monoisotopic (exact) mass is 249 g/mol. The summed E-state index contributed by atoms with van der Waals surface area (Å²) in [5.74, 6) is -0.136. The summed E-state index contributed by atoms with van der Waals surface area (Å²) in [4.78, 5) is 11.8. The quantitative estimate of drug-likeness (QED) is 0.861. The first-order valence-corrected chi connectivity index (χ1v) is 6.31. The highest BCUT2D eigenvalue weighted by molar-refractivity contribution is 5.94. The van der Waals surface area contributed by atoms with Crippen molar-refractivity contribution in [3.05, 3.63) is 35.4 Å². The minimum atomic E-state index is -0.501. The summed E-state index contributed by atoms with van der Waals surface area (Å²) >= 11 is 0. The first-order valence-electron chi connectivity index (χ1n) is 6.31. The molecule has 0 radical (unpaired) electrons. The lowest BCUT2D eigenvalue weighted by Crippen LogP contribution is -2.34. The van der Waals surface area contributed by atoms with Gasteiger partial charge in [0.2, 0.25) is 0 Å². The highest BCUT2D eigenvalue weighted by Gasteiger charge is 2.17. The Bertz CT molecular complexity index is 390. The van der Waals surface area contributed by atoms with E-state index in [0.717, 1.165) is 5.56 Å². The van der Waals surface area contributed by atoms with Gasteiger partial charge in [-0.1, -0.05) is 38.5 Å². The van der Waals surface area contributed by atoms with E-state index < -0.39 is 6.10 Å². The van der Waals surface area contributed by atoms with Crippen molar-refractivity contribution in [1.82, 2.24) is 5.32 Å². The van der Waals surface area contributed by atoms with E-state index in [1.807, 2.05) is 19.1 Å². The topological polar surface area (TPSA) is 49.3 Å². The Balaban J connectivity index is 2.44. The highest BCUT2D eigenvalue weighted by atomic mass is 16.3. The molecule has 1 rings (SSSR count). The summed E-state index contributed by atoms with van der Waals surface area (Å²) < 4.78 is 0. The molecule has 0 spiro atoms. The first kappa shape index (κ1) is 14.7. The van der Waals surface area contributed by atoms with Crippen LogP contribution < -0.4 is 5.32 Å². The van der Waals surface area contributed by atoms with Gasteiger partial charge in [-0.25, -0.2) is 0 Å². The zero-order valence-electron chi connectivity index (χ0n) is 11.7. The van der Waals surface area contributed by atoms with Gasteiger partial charge < -0.3 is 10.4 Å². The number of amides is 1. The van der Waals surface area contributed by atoms with Gasteiger partial charge in [0, 0.05) is 12.1 Å². The van der Waals surface area contributed by atoms with Crippen molar-refractivity contribution in [3.63, 3.8) is 0 Å². The number of aliphatic hydroxyl groups is 1. The maximum atomic E-state index is 11.8. The molecule has 0 aromatic heterocycles. The summed E-state index contributed by atoms with van der Waals surface area (Å²) in [7, 11) is 0. The van der Waals surface area contributed by atoms with Gasteiger partial charge in [-0.2, -0.15) is 0 Å². The van der Waals surface area contributed by atoms with Gasteiger partial charge in [-0.15, -0.1) is 0 Å². The summed E-state index contributed by atoms with van der Waals surface area (Å²) in [6.07, 6.45) is 0.167. The Hall–Kier alpha value is -1.35. The van der Waals surface area contributed by atoms with Crippen molar-refractivity contribution in [2.75, 3.05) is 6.54 Å². The second-order valence-electron chi connectivity index (χ2n) is 5.99. The van der Waals surface area contributed by atoms with Crippen molar-refractivity contribution < 1.29 is 9.90 Å². The van der Waals surface area contributed by atoms with Crippen molar-refractivity contribution in [1.29, 1.82) is 0 Å². The van der Waals surface area contributed by atoms with E-state index in [4.69, 9.17) is 0 Å². The lowest BCUT2D eigenvalue weighted by atomic mass is 9.89. The van der Waals surface area contributed by atoms with Crippen LogP contribution in [0.5, 0.6) is 0 Å². The molecule has 0 saturated carbocycles. The lowest BCUT2D eigenvalue weighted by molar-refractivity contribution is 0.0868. The number of carbonyl (C=O) groups excluding carboxylic acids is 1. The van der Waals surface area contributed by atoms with E-state index in [-0.39, 0.29) is 11.3 Å². The van der Waals surface area contributed by atoms with Gasteiger partial charge >= 0.3 is 0 Å². The number of rotatable bonds is 4. The molecule has 1 amide bonds. The second-order valence-corrected chi connectivity index (χ2v) is 5.99. The van der Waals surface area contributed by atoms with Crippen LogP contribution in [0, 0.1) is 12.3 Å². The molecule has 0 aliphatic rings. The average Bonchev–Trinajstić information content (AvgIpc) is 2.24. The van der Waals surface area contributed by atoms with E-state index in [0.29, 0.717) is 18.5 Å². The van der Waals surface area contributed by atoms with Gasteiger partial charge in [0.1, 0.15) is 0 Å². The zero-order chi connectivity index (χ0) is 13.8. The Kier molecular flexibility index (Phi) is 4.91. The number of hydrogen-bond donors (Lipinski definition) is 2. The predicted molar refractivity (Wildman–Crippen MR) is 73.6 cm³/mol. The van der Waals surface area contributed by atoms with Gasteiger partial charge in [-0.05, 0) is 30.9 Å². The number of aryl methyl sites for hydroxylation is 1.